The lowest BCUT2D eigenvalue weighted by molar-refractivity contribution is -0.145. The molecule has 2 aliphatic rings. The fraction of sp³-hybridized carbons (Fsp3) is 0.438. The summed E-state index contributed by atoms with van der Waals surface area (Å²) in [6.07, 6.45) is 1.78. The Morgan fingerprint density at radius 1 is 1.05 bits per heavy atom. The first-order valence-electron chi connectivity index (χ1n) is 14.8. The van der Waals surface area contributed by atoms with Gasteiger partial charge in [0, 0.05) is 44.2 Å². The molecule has 0 unspecified atom stereocenters. The van der Waals surface area contributed by atoms with Gasteiger partial charge in [0.15, 0.2) is 5.69 Å². The number of carbonyl (C=O) groups excluding carboxylic acids is 2. The van der Waals surface area contributed by atoms with Crippen molar-refractivity contribution in [2.45, 2.75) is 68.9 Å². The van der Waals surface area contributed by atoms with E-state index in [1.165, 1.54) is 10.9 Å². The highest BCUT2D eigenvalue weighted by molar-refractivity contribution is 5.80. The van der Waals surface area contributed by atoms with Gasteiger partial charge in [0.25, 0.3) is 5.56 Å². The molecule has 12 heteroatoms. The van der Waals surface area contributed by atoms with Crippen LogP contribution in [0.3, 0.4) is 0 Å². The number of piperidine rings is 1. The van der Waals surface area contributed by atoms with Crippen LogP contribution in [0.4, 0.5) is 14.5 Å². The Labute approximate surface area is 253 Å². The second-order valence-electron chi connectivity index (χ2n) is 11.9. The van der Waals surface area contributed by atoms with E-state index in [-0.39, 0.29) is 75.6 Å². The van der Waals surface area contributed by atoms with E-state index in [4.69, 9.17) is 16.2 Å². The largest absolute Gasteiger partial charge is 0.437 e. The van der Waals surface area contributed by atoms with Crippen molar-refractivity contribution < 1.29 is 28.2 Å². The van der Waals surface area contributed by atoms with Crippen LogP contribution >= 0.6 is 0 Å². The number of nitrogens with two attached hydrogens (primary N) is 2. The molecule has 5 rings (SSSR count). The van der Waals surface area contributed by atoms with Crippen LogP contribution in [0, 0.1) is 5.92 Å². The molecular formula is C32H37F2N5O5. The maximum absolute atomic E-state index is 14.4. The zero-order valence-electron chi connectivity index (χ0n) is 24.3. The van der Waals surface area contributed by atoms with Crippen molar-refractivity contribution in [1.82, 2.24) is 14.5 Å². The Bertz CT molecular complexity index is 1540. The normalized spacial score (nSPS) is 21.0. The highest BCUT2D eigenvalue weighted by atomic mass is 19.3. The number of primary amides is 1. The van der Waals surface area contributed by atoms with Crippen LogP contribution in [0.15, 0.2) is 65.7 Å². The maximum atomic E-state index is 14.4. The van der Waals surface area contributed by atoms with E-state index in [1.807, 2.05) is 6.07 Å². The van der Waals surface area contributed by atoms with E-state index in [2.05, 4.69) is 4.98 Å². The Kier molecular flexibility index (Phi) is 9.00. The second kappa shape index (κ2) is 12.7. The summed E-state index contributed by atoms with van der Waals surface area (Å²) in [5.74, 6) is -4.21. The first-order valence-corrected chi connectivity index (χ1v) is 14.8. The molecule has 0 spiro atoms. The van der Waals surface area contributed by atoms with Crippen molar-refractivity contribution in [3.8, 4) is 11.6 Å². The first-order chi connectivity index (χ1) is 20.9. The van der Waals surface area contributed by atoms with E-state index >= 15 is 0 Å². The van der Waals surface area contributed by atoms with Crippen molar-refractivity contribution >= 4 is 17.5 Å². The molecule has 44 heavy (non-hydrogen) atoms. The minimum Gasteiger partial charge on any atom is -0.437 e. The lowest BCUT2D eigenvalue weighted by atomic mass is 9.73. The summed E-state index contributed by atoms with van der Waals surface area (Å²) in [6, 6.07) is 15.9. The van der Waals surface area contributed by atoms with Crippen LogP contribution in [0.2, 0.25) is 0 Å². The molecule has 2 fully saturated rings. The summed E-state index contributed by atoms with van der Waals surface area (Å²) in [5.41, 5.74) is 10.8. The fourth-order valence-corrected chi connectivity index (χ4v) is 6.12. The lowest BCUT2D eigenvalue weighted by Gasteiger charge is -2.42. The molecule has 2 amide bonds. The Morgan fingerprint density at radius 2 is 1.73 bits per heavy atom. The van der Waals surface area contributed by atoms with Crippen LogP contribution in [0.25, 0.3) is 0 Å². The molecule has 1 saturated heterocycles. The Hall–Kier alpha value is -4.32. The van der Waals surface area contributed by atoms with Gasteiger partial charge in [0.2, 0.25) is 23.6 Å². The second-order valence-corrected chi connectivity index (χ2v) is 11.9. The number of aryl methyl sites for hydroxylation is 1. The number of anilines is 1. The minimum absolute atomic E-state index is 0.0745. The number of amides is 2. The van der Waals surface area contributed by atoms with Crippen molar-refractivity contribution in [2.75, 3.05) is 18.8 Å². The monoisotopic (exact) mass is 609 g/mol. The van der Waals surface area contributed by atoms with Gasteiger partial charge in [-0.2, -0.15) is 0 Å². The molecular weight excluding hydrogens is 572 g/mol. The third-order valence-corrected chi connectivity index (χ3v) is 8.67. The number of ether oxygens (including phenoxy) is 1. The van der Waals surface area contributed by atoms with E-state index in [1.54, 1.807) is 53.4 Å². The molecule has 1 aliphatic carbocycles. The van der Waals surface area contributed by atoms with Crippen molar-refractivity contribution in [3.05, 3.63) is 82.4 Å². The van der Waals surface area contributed by atoms with Gasteiger partial charge in [-0.3, -0.25) is 19.0 Å². The number of hydrogen-bond acceptors (Lipinski definition) is 7. The Morgan fingerprint density at radius 3 is 2.39 bits per heavy atom. The topological polar surface area (TPSA) is 154 Å². The average molecular weight is 610 g/mol. The lowest BCUT2D eigenvalue weighted by Crippen LogP contribution is -2.52. The van der Waals surface area contributed by atoms with Crippen molar-refractivity contribution in [3.63, 3.8) is 0 Å². The molecule has 5 N–H and O–H groups in total. The molecule has 2 heterocycles. The predicted molar refractivity (Wildman–Crippen MR) is 159 cm³/mol. The third-order valence-electron chi connectivity index (χ3n) is 8.67. The predicted octanol–water partition coefficient (Wildman–Crippen LogP) is 3.61. The molecule has 0 radical (unpaired) electrons. The summed E-state index contributed by atoms with van der Waals surface area (Å²) in [4.78, 5) is 43.4. The highest BCUT2D eigenvalue weighted by Crippen LogP contribution is 2.46. The minimum atomic E-state index is -2.82. The highest BCUT2D eigenvalue weighted by Gasteiger charge is 2.46. The van der Waals surface area contributed by atoms with Crippen LogP contribution in [-0.2, 0) is 22.6 Å². The number of alkyl halides is 2. The zero-order valence-corrected chi connectivity index (χ0v) is 24.3. The molecule has 0 bridgehead atoms. The molecule has 1 aliphatic heterocycles. The molecule has 2 aromatic carbocycles. The quantitative estimate of drug-likeness (QED) is 0.335. The number of halogens is 2. The van der Waals surface area contributed by atoms with Gasteiger partial charge in [-0.15, -0.1) is 0 Å². The zero-order chi connectivity index (χ0) is 31.5. The van der Waals surface area contributed by atoms with Crippen molar-refractivity contribution in [1.29, 1.82) is 0 Å². The summed E-state index contributed by atoms with van der Waals surface area (Å²) in [6.45, 7) is 0.387. The maximum Gasteiger partial charge on any atom is 0.280 e. The number of nitrogen functional groups attached to an aromatic ring is 1. The van der Waals surface area contributed by atoms with E-state index in [0.717, 1.165) is 11.1 Å². The SMILES string of the molecule is NC(=O)CCc1ccc(Oc2ncn(CC3(O)CCN(C(=O)[C@@H]4CCC(F)(F)C[C@H]4c4ccccc4)CC3)c(=O)c2N)cc1. The van der Waals surface area contributed by atoms with Crippen LogP contribution < -0.4 is 21.8 Å². The molecule has 3 aromatic rings. The van der Waals surface area contributed by atoms with E-state index < -0.39 is 34.8 Å². The summed E-state index contributed by atoms with van der Waals surface area (Å²) in [5, 5.41) is 11.3. The molecule has 234 valence electrons. The van der Waals surface area contributed by atoms with Crippen LogP contribution in [0.1, 0.15) is 55.6 Å². The van der Waals surface area contributed by atoms with Gasteiger partial charge >= 0.3 is 0 Å². The summed E-state index contributed by atoms with van der Waals surface area (Å²) < 4.78 is 35.7. The number of aromatic nitrogens is 2. The summed E-state index contributed by atoms with van der Waals surface area (Å²) >= 11 is 0. The van der Waals surface area contributed by atoms with Gasteiger partial charge in [0.05, 0.1) is 12.1 Å². The first kappa shape index (κ1) is 31.1. The average Bonchev–Trinajstić information content (AvgIpc) is 3.00. The van der Waals surface area contributed by atoms with Gasteiger partial charge in [-0.25, -0.2) is 13.8 Å². The van der Waals surface area contributed by atoms with E-state index in [0.29, 0.717) is 12.2 Å². The standard InChI is InChI=1S/C32H37F2N5O5/c33-32(34)13-12-24(25(18-32)22-4-2-1-3-5-22)29(41)38-16-14-31(43,15-17-38)19-39-20-37-28(27(36)30(39)42)44-23-9-6-21(7-10-23)8-11-26(35)40/h1-7,9-10,20,24-25,43H,8,11-19,36H2,(H2,35,40)/t24-,25+/m1/s1. The third kappa shape index (κ3) is 7.24. The van der Waals surface area contributed by atoms with Crippen LogP contribution in [-0.4, -0.2) is 56.0 Å². The van der Waals surface area contributed by atoms with Gasteiger partial charge in [-0.1, -0.05) is 42.5 Å². The molecule has 10 nitrogen and oxygen atoms in total. The Balaban J connectivity index is 1.20. The number of likely N-dealkylation sites (tertiary alicyclic amines) is 1. The smallest absolute Gasteiger partial charge is 0.280 e. The number of nitrogens with zero attached hydrogens (tertiary/aromatic N) is 3. The van der Waals surface area contributed by atoms with E-state index in [9.17, 15) is 28.3 Å². The number of benzene rings is 2. The van der Waals surface area contributed by atoms with Crippen molar-refractivity contribution in [2.24, 2.45) is 11.7 Å². The molecule has 1 saturated carbocycles. The fourth-order valence-electron chi connectivity index (χ4n) is 6.12. The molecule has 2 atom stereocenters. The number of hydrogen-bond donors (Lipinski definition) is 3. The summed E-state index contributed by atoms with van der Waals surface area (Å²) in [7, 11) is 0. The van der Waals surface area contributed by atoms with Gasteiger partial charge < -0.3 is 26.2 Å². The number of carbonyl (C=O) groups is 2. The van der Waals surface area contributed by atoms with Gasteiger partial charge in [-0.05, 0) is 48.9 Å². The molecule has 1 aromatic heterocycles. The number of rotatable bonds is 9. The van der Waals surface area contributed by atoms with Gasteiger partial charge in [0.1, 0.15) is 12.1 Å². The number of aliphatic hydroxyl groups is 1. The van der Waals surface area contributed by atoms with Crippen LogP contribution in [0.5, 0.6) is 11.6 Å².